The van der Waals surface area contributed by atoms with Crippen LogP contribution in [0.15, 0.2) is 30.3 Å². The van der Waals surface area contributed by atoms with Gasteiger partial charge >= 0.3 is 0 Å². The number of benzene rings is 2. The van der Waals surface area contributed by atoms with Crippen LogP contribution >= 0.6 is 0 Å². The Hall–Kier alpha value is -2.69. The molecule has 0 aliphatic carbocycles. The lowest BCUT2D eigenvalue weighted by atomic mass is 9.98. The highest BCUT2D eigenvalue weighted by Gasteiger charge is 2.17. The number of ketones is 1. The monoisotopic (exact) mass is 330 g/mol. The molecule has 0 atom stereocenters. The molecule has 0 aromatic heterocycles. The number of ether oxygens (including phenoxy) is 4. The molecule has 0 spiro atoms. The van der Waals surface area contributed by atoms with E-state index < -0.39 is 0 Å². The summed E-state index contributed by atoms with van der Waals surface area (Å²) in [5.41, 5.74) is 2.20. The molecule has 128 valence electrons. The van der Waals surface area contributed by atoms with Crippen molar-refractivity contribution in [2.24, 2.45) is 0 Å². The van der Waals surface area contributed by atoms with Crippen LogP contribution in [0.3, 0.4) is 0 Å². The molecule has 0 unspecified atom stereocenters. The zero-order valence-corrected chi connectivity index (χ0v) is 14.6. The molecular weight excluding hydrogens is 308 g/mol. The second-order valence-electron chi connectivity index (χ2n) is 5.30. The summed E-state index contributed by atoms with van der Waals surface area (Å²) < 4.78 is 21.1. The van der Waals surface area contributed by atoms with Gasteiger partial charge in [0.1, 0.15) is 11.5 Å². The van der Waals surface area contributed by atoms with Crippen LogP contribution in [-0.2, 0) is 6.42 Å². The summed E-state index contributed by atoms with van der Waals surface area (Å²) in [5, 5.41) is 0. The minimum atomic E-state index is -0.0278. The topological polar surface area (TPSA) is 54.0 Å². The van der Waals surface area contributed by atoms with Gasteiger partial charge in [0.25, 0.3) is 0 Å². The maximum atomic E-state index is 12.8. The van der Waals surface area contributed by atoms with Gasteiger partial charge in [-0.2, -0.15) is 0 Å². The molecule has 0 aliphatic rings. The number of hydrogen-bond acceptors (Lipinski definition) is 5. The molecule has 2 rings (SSSR count). The third-order valence-corrected chi connectivity index (χ3v) is 3.87. The van der Waals surface area contributed by atoms with Gasteiger partial charge in [-0.1, -0.05) is 0 Å². The zero-order chi connectivity index (χ0) is 17.7. The molecule has 0 bridgehead atoms. The molecule has 2 aromatic carbocycles. The normalized spacial score (nSPS) is 10.2. The molecule has 5 heteroatoms. The van der Waals surface area contributed by atoms with Gasteiger partial charge in [-0.25, -0.2) is 0 Å². The Morgan fingerprint density at radius 2 is 1.46 bits per heavy atom. The molecule has 0 radical (unpaired) electrons. The van der Waals surface area contributed by atoms with Gasteiger partial charge in [-0.15, -0.1) is 0 Å². The lowest BCUT2D eigenvalue weighted by Crippen LogP contribution is -2.08. The Bertz CT molecular complexity index is 737. The molecule has 2 aromatic rings. The van der Waals surface area contributed by atoms with Crippen molar-refractivity contribution in [2.75, 3.05) is 28.4 Å². The van der Waals surface area contributed by atoms with Gasteiger partial charge < -0.3 is 18.9 Å². The molecule has 0 heterocycles. The van der Waals surface area contributed by atoms with E-state index in [1.54, 1.807) is 52.7 Å². The van der Waals surface area contributed by atoms with E-state index in [4.69, 9.17) is 18.9 Å². The fraction of sp³-hybridized carbons (Fsp3) is 0.316. The number of rotatable bonds is 7. The molecule has 0 fully saturated rings. The van der Waals surface area contributed by atoms with Gasteiger partial charge in [0.2, 0.25) is 0 Å². The van der Waals surface area contributed by atoms with E-state index in [-0.39, 0.29) is 12.2 Å². The minimum Gasteiger partial charge on any atom is -0.497 e. The number of aryl methyl sites for hydroxylation is 1. The van der Waals surface area contributed by atoms with Crippen LogP contribution in [0.4, 0.5) is 0 Å². The van der Waals surface area contributed by atoms with E-state index in [0.29, 0.717) is 28.6 Å². The lowest BCUT2D eigenvalue weighted by Gasteiger charge is -2.13. The predicted molar refractivity (Wildman–Crippen MR) is 91.9 cm³/mol. The second kappa shape index (κ2) is 7.73. The largest absolute Gasteiger partial charge is 0.497 e. The average Bonchev–Trinajstić information content (AvgIpc) is 2.61. The molecule has 0 aliphatic heterocycles. The fourth-order valence-corrected chi connectivity index (χ4v) is 2.57. The number of hydrogen-bond donors (Lipinski definition) is 0. The third-order valence-electron chi connectivity index (χ3n) is 3.87. The first-order valence-corrected chi connectivity index (χ1v) is 7.50. The highest BCUT2D eigenvalue weighted by Crippen LogP contribution is 2.32. The quantitative estimate of drug-likeness (QED) is 0.728. The summed E-state index contributed by atoms with van der Waals surface area (Å²) in [6.07, 6.45) is 0.205. The number of carbonyl (C=O) groups is 1. The van der Waals surface area contributed by atoms with Crippen LogP contribution in [0.5, 0.6) is 23.0 Å². The Kier molecular flexibility index (Phi) is 5.68. The van der Waals surface area contributed by atoms with Crippen LogP contribution < -0.4 is 18.9 Å². The first-order valence-electron chi connectivity index (χ1n) is 7.50. The van der Waals surface area contributed by atoms with Crippen molar-refractivity contribution in [3.05, 3.63) is 47.0 Å². The van der Waals surface area contributed by atoms with E-state index >= 15 is 0 Å². The van der Waals surface area contributed by atoms with Gasteiger partial charge in [0.15, 0.2) is 17.3 Å². The minimum absolute atomic E-state index is 0.0278. The lowest BCUT2D eigenvalue weighted by molar-refractivity contribution is 0.0991. The summed E-state index contributed by atoms with van der Waals surface area (Å²) in [5.74, 6) is 2.44. The van der Waals surface area contributed by atoms with Crippen molar-refractivity contribution in [3.63, 3.8) is 0 Å². The van der Waals surface area contributed by atoms with E-state index in [1.165, 1.54) is 0 Å². The van der Waals surface area contributed by atoms with E-state index in [2.05, 4.69) is 0 Å². The first kappa shape index (κ1) is 17.7. The standard InChI is InChI=1S/C19H22O5/c1-12-8-18(23-4)19(24-5)11-15(12)16(20)10-13-9-14(21-2)6-7-17(13)22-3/h6-9,11H,10H2,1-5H3. The van der Waals surface area contributed by atoms with Crippen molar-refractivity contribution in [1.29, 1.82) is 0 Å². The molecule has 24 heavy (non-hydrogen) atoms. The van der Waals surface area contributed by atoms with Gasteiger partial charge in [0, 0.05) is 17.5 Å². The number of carbonyl (C=O) groups excluding carboxylic acids is 1. The van der Waals surface area contributed by atoms with Gasteiger partial charge in [-0.05, 0) is 42.8 Å². The van der Waals surface area contributed by atoms with Gasteiger partial charge in [0.05, 0.1) is 28.4 Å². The van der Waals surface area contributed by atoms with Crippen LogP contribution in [0.25, 0.3) is 0 Å². The van der Waals surface area contributed by atoms with Crippen molar-refractivity contribution in [3.8, 4) is 23.0 Å². The maximum Gasteiger partial charge on any atom is 0.167 e. The molecule has 0 N–H and O–H groups in total. The summed E-state index contributed by atoms with van der Waals surface area (Å²) in [7, 11) is 6.29. The fourth-order valence-electron chi connectivity index (χ4n) is 2.57. The van der Waals surface area contributed by atoms with Crippen molar-refractivity contribution in [2.45, 2.75) is 13.3 Å². The summed E-state index contributed by atoms with van der Waals surface area (Å²) >= 11 is 0. The Balaban J connectivity index is 2.37. The average molecular weight is 330 g/mol. The van der Waals surface area contributed by atoms with E-state index in [1.807, 2.05) is 13.0 Å². The number of methoxy groups -OCH3 is 4. The number of Topliss-reactive ketones (excluding diaryl/α,β-unsaturated/α-hetero) is 1. The van der Waals surface area contributed by atoms with E-state index in [9.17, 15) is 4.79 Å². The van der Waals surface area contributed by atoms with Crippen LogP contribution in [0, 0.1) is 6.92 Å². The molecule has 5 nitrogen and oxygen atoms in total. The van der Waals surface area contributed by atoms with Crippen molar-refractivity contribution in [1.82, 2.24) is 0 Å². The third kappa shape index (κ3) is 3.62. The van der Waals surface area contributed by atoms with Crippen LogP contribution in [0.2, 0.25) is 0 Å². The van der Waals surface area contributed by atoms with Crippen LogP contribution in [0.1, 0.15) is 21.5 Å². The SMILES string of the molecule is COc1ccc(OC)c(CC(=O)c2cc(OC)c(OC)cc2C)c1. The predicted octanol–water partition coefficient (Wildman–Crippen LogP) is 3.45. The van der Waals surface area contributed by atoms with Crippen molar-refractivity contribution >= 4 is 5.78 Å². The van der Waals surface area contributed by atoms with Gasteiger partial charge in [-0.3, -0.25) is 4.79 Å². The summed E-state index contributed by atoms with van der Waals surface area (Å²) in [6, 6.07) is 8.92. The second-order valence-corrected chi connectivity index (χ2v) is 5.30. The highest BCUT2D eigenvalue weighted by atomic mass is 16.5. The van der Waals surface area contributed by atoms with Crippen LogP contribution in [-0.4, -0.2) is 34.2 Å². The Labute approximate surface area is 142 Å². The zero-order valence-electron chi connectivity index (χ0n) is 14.6. The smallest absolute Gasteiger partial charge is 0.167 e. The van der Waals surface area contributed by atoms with Crippen molar-refractivity contribution < 1.29 is 23.7 Å². The van der Waals surface area contributed by atoms with E-state index in [0.717, 1.165) is 11.1 Å². The highest BCUT2D eigenvalue weighted by molar-refractivity contribution is 5.99. The summed E-state index contributed by atoms with van der Waals surface area (Å²) in [6.45, 7) is 1.87. The summed E-state index contributed by atoms with van der Waals surface area (Å²) in [4.78, 5) is 12.8. The Morgan fingerprint density at radius 1 is 0.833 bits per heavy atom. The molecule has 0 saturated heterocycles. The molecular formula is C19H22O5. The molecule has 0 amide bonds. The molecule has 0 saturated carbocycles. The Morgan fingerprint density at radius 3 is 2.04 bits per heavy atom. The maximum absolute atomic E-state index is 12.8. The first-order chi connectivity index (χ1) is 11.5.